The molecule has 1 atom stereocenters. The van der Waals surface area contributed by atoms with Crippen molar-refractivity contribution in [3.8, 4) is 0 Å². The predicted octanol–water partition coefficient (Wildman–Crippen LogP) is 0.926. The Kier molecular flexibility index (Phi) is 4.93. The van der Waals surface area contributed by atoms with E-state index >= 15 is 0 Å². The molecule has 19 heavy (non-hydrogen) atoms. The highest BCUT2D eigenvalue weighted by atomic mass is 16.1. The molecule has 1 heterocycles. The second kappa shape index (κ2) is 6.68. The van der Waals surface area contributed by atoms with Crippen LogP contribution in [-0.4, -0.2) is 37.0 Å². The molecule has 4 N–H and O–H groups in total. The Hall–Kier alpha value is -1.39. The van der Waals surface area contributed by atoms with E-state index in [0.29, 0.717) is 12.5 Å². The summed E-state index contributed by atoms with van der Waals surface area (Å²) in [6.07, 6.45) is 1.75. The Labute approximate surface area is 114 Å². The first kappa shape index (κ1) is 14.0. The van der Waals surface area contributed by atoms with Gasteiger partial charge in [-0.25, -0.2) is 0 Å². The number of hydrogen-bond donors (Lipinski definition) is 2. The molecule has 0 aliphatic carbocycles. The molecule has 0 saturated carbocycles. The third-order valence-electron chi connectivity index (χ3n) is 4.02. The second-order valence-corrected chi connectivity index (χ2v) is 5.32. The molecule has 2 rings (SSSR count). The van der Waals surface area contributed by atoms with Gasteiger partial charge in [-0.15, -0.1) is 0 Å². The molecule has 4 nitrogen and oxygen atoms in total. The van der Waals surface area contributed by atoms with Crippen LogP contribution >= 0.6 is 0 Å². The largest absolute Gasteiger partial charge is 0.369 e. The Morgan fingerprint density at radius 3 is 2.42 bits per heavy atom. The number of carbonyl (C=O) groups is 1. The van der Waals surface area contributed by atoms with Crippen LogP contribution in [0.4, 0.5) is 0 Å². The zero-order chi connectivity index (χ0) is 13.7. The molecule has 1 unspecified atom stereocenters. The first-order chi connectivity index (χ1) is 9.20. The number of piperidine rings is 1. The molecule has 4 heteroatoms. The maximum Gasteiger partial charge on any atom is 0.220 e. The molecule has 1 saturated heterocycles. The Morgan fingerprint density at radius 2 is 1.89 bits per heavy atom. The Morgan fingerprint density at radius 1 is 1.26 bits per heavy atom. The third kappa shape index (κ3) is 3.78. The zero-order valence-corrected chi connectivity index (χ0v) is 11.3. The van der Waals surface area contributed by atoms with Crippen molar-refractivity contribution in [3.63, 3.8) is 0 Å². The highest BCUT2D eigenvalue weighted by Gasteiger charge is 2.24. The molecule has 1 aromatic rings. The van der Waals surface area contributed by atoms with Gasteiger partial charge in [-0.1, -0.05) is 30.3 Å². The van der Waals surface area contributed by atoms with Gasteiger partial charge in [0, 0.05) is 24.9 Å². The first-order valence-corrected chi connectivity index (χ1v) is 6.97. The van der Waals surface area contributed by atoms with Gasteiger partial charge < -0.3 is 16.4 Å². The van der Waals surface area contributed by atoms with E-state index in [9.17, 15) is 4.79 Å². The van der Waals surface area contributed by atoms with E-state index in [1.807, 2.05) is 6.07 Å². The van der Waals surface area contributed by atoms with Crippen LogP contribution < -0.4 is 11.5 Å². The minimum absolute atomic E-state index is 0.0595. The average molecular weight is 261 g/mol. The molecule has 0 spiro atoms. The van der Waals surface area contributed by atoms with Crippen molar-refractivity contribution in [1.29, 1.82) is 0 Å². The molecule has 104 valence electrons. The van der Waals surface area contributed by atoms with Crippen LogP contribution in [0.3, 0.4) is 0 Å². The average Bonchev–Trinajstić information content (AvgIpc) is 2.46. The van der Waals surface area contributed by atoms with Crippen LogP contribution in [0.2, 0.25) is 0 Å². The summed E-state index contributed by atoms with van der Waals surface area (Å²) in [7, 11) is 0. The number of benzene rings is 1. The van der Waals surface area contributed by atoms with Gasteiger partial charge in [0.15, 0.2) is 0 Å². The van der Waals surface area contributed by atoms with E-state index in [4.69, 9.17) is 11.5 Å². The maximum absolute atomic E-state index is 11.1. The summed E-state index contributed by atoms with van der Waals surface area (Å²) < 4.78 is 0. The number of carbonyl (C=O) groups excluding carboxylic acids is 1. The van der Waals surface area contributed by atoms with Gasteiger partial charge in [0.1, 0.15) is 0 Å². The van der Waals surface area contributed by atoms with Crippen molar-refractivity contribution >= 4 is 5.91 Å². The lowest BCUT2D eigenvalue weighted by Crippen LogP contribution is -2.41. The molecule has 1 fully saturated rings. The number of likely N-dealkylation sites (tertiary alicyclic amines) is 1. The SMILES string of the molecule is NCC(CN1CCC(C(N)=O)CC1)c1ccccc1. The van der Waals surface area contributed by atoms with E-state index in [0.717, 1.165) is 32.5 Å². The number of amides is 1. The first-order valence-electron chi connectivity index (χ1n) is 6.97. The van der Waals surface area contributed by atoms with Crippen LogP contribution in [0.1, 0.15) is 24.3 Å². The number of primary amides is 1. The Balaban J connectivity index is 1.89. The van der Waals surface area contributed by atoms with E-state index in [1.165, 1.54) is 5.56 Å². The summed E-state index contributed by atoms with van der Waals surface area (Å²) in [4.78, 5) is 13.5. The summed E-state index contributed by atoms with van der Waals surface area (Å²) in [5.41, 5.74) is 12.5. The molecular formula is C15H23N3O. The van der Waals surface area contributed by atoms with Crippen LogP contribution in [0.25, 0.3) is 0 Å². The van der Waals surface area contributed by atoms with E-state index in [1.54, 1.807) is 0 Å². The normalized spacial score (nSPS) is 19.2. The quantitative estimate of drug-likeness (QED) is 0.828. The number of nitrogens with zero attached hydrogens (tertiary/aromatic N) is 1. The molecule has 1 aliphatic heterocycles. The zero-order valence-electron chi connectivity index (χ0n) is 11.3. The number of nitrogens with two attached hydrogens (primary N) is 2. The van der Waals surface area contributed by atoms with Crippen molar-refractivity contribution in [1.82, 2.24) is 4.90 Å². The topological polar surface area (TPSA) is 72.3 Å². The molecule has 0 bridgehead atoms. The second-order valence-electron chi connectivity index (χ2n) is 5.32. The summed E-state index contributed by atoms with van der Waals surface area (Å²) >= 11 is 0. The van der Waals surface area contributed by atoms with Crippen molar-refractivity contribution in [2.24, 2.45) is 17.4 Å². The van der Waals surface area contributed by atoms with Gasteiger partial charge in [0.25, 0.3) is 0 Å². The smallest absolute Gasteiger partial charge is 0.220 e. The summed E-state index contributed by atoms with van der Waals surface area (Å²) in [5.74, 6) is 0.272. The standard InChI is InChI=1S/C15H23N3O/c16-10-14(12-4-2-1-3-5-12)11-18-8-6-13(7-9-18)15(17)19/h1-5,13-14H,6-11,16H2,(H2,17,19). The van der Waals surface area contributed by atoms with Gasteiger partial charge in [-0.3, -0.25) is 4.79 Å². The van der Waals surface area contributed by atoms with Gasteiger partial charge >= 0.3 is 0 Å². The van der Waals surface area contributed by atoms with Crippen LogP contribution in [0.15, 0.2) is 30.3 Å². The van der Waals surface area contributed by atoms with E-state index < -0.39 is 0 Å². The fourth-order valence-electron chi connectivity index (χ4n) is 2.75. The Bertz CT molecular complexity index is 399. The van der Waals surface area contributed by atoms with Crippen LogP contribution in [-0.2, 0) is 4.79 Å². The number of rotatable bonds is 5. The van der Waals surface area contributed by atoms with Crippen LogP contribution in [0, 0.1) is 5.92 Å². The summed E-state index contributed by atoms with van der Waals surface area (Å²) in [6, 6.07) is 10.4. The highest BCUT2D eigenvalue weighted by Crippen LogP contribution is 2.21. The van der Waals surface area contributed by atoms with Gasteiger partial charge in [-0.2, -0.15) is 0 Å². The van der Waals surface area contributed by atoms with Crippen molar-refractivity contribution in [3.05, 3.63) is 35.9 Å². The molecule has 1 aliphatic rings. The van der Waals surface area contributed by atoms with Crippen molar-refractivity contribution in [2.75, 3.05) is 26.2 Å². The molecule has 1 amide bonds. The van der Waals surface area contributed by atoms with Gasteiger partial charge in [0.05, 0.1) is 0 Å². The monoisotopic (exact) mass is 261 g/mol. The predicted molar refractivity (Wildman–Crippen MR) is 76.6 cm³/mol. The highest BCUT2D eigenvalue weighted by molar-refractivity contribution is 5.76. The van der Waals surface area contributed by atoms with E-state index in [-0.39, 0.29) is 11.8 Å². The van der Waals surface area contributed by atoms with Gasteiger partial charge in [-0.05, 0) is 31.5 Å². The minimum Gasteiger partial charge on any atom is -0.369 e. The molecule has 1 aromatic carbocycles. The fraction of sp³-hybridized carbons (Fsp3) is 0.533. The number of hydrogen-bond acceptors (Lipinski definition) is 3. The van der Waals surface area contributed by atoms with Gasteiger partial charge in [0.2, 0.25) is 5.91 Å². The molecule has 0 radical (unpaired) electrons. The molecular weight excluding hydrogens is 238 g/mol. The molecule has 0 aromatic heterocycles. The van der Waals surface area contributed by atoms with Crippen LogP contribution in [0.5, 0.6) is 0 Å². The van der Waals surface area contributed by atoms with Crippen molar-refractivity contribution < 1.29 is 4.79 Å². The minimum atomic E-state index is -0.155. The van der Waals surface area contributed by atoms with Crippen molar-refractivity contribution in [2.45, 2.75) is 18.8 Å². The maximum atomic E-state index is 11.1. The lowest BCUT2D eigenvalue weighted by molar-refractivity contribution is -0.123. The lowest BCUT2D eigenvalue weighted by atomic mass is 9.93. The fourth-order valence-corrected chi connectivity index (χ4v) is 2.75. The summed E-state index contributed by atoms with van der Waals surface area (Å²) in [6.45, 7) is 3.50. The van der Waals surface area contributed by atoms with E-state index in [2.05, 4.69) is 29.2 Å². The third-order valence-corrected chi connectivity index (χ3v) is 4.02. The lowest BCUT2D eigenvalue weighted by Gasteiger charge is -2.33. The summed E-state index contributed by atoms with van der Waals surface area (Å²) in [5, 5.41) is 0.